The molecule has 0 radical (unpaired) electrons. The van der Waals surface area contributed by atoms with Crippen LogP contribution in [-0.4, -0.2) is 88.5 Å². The highest BCUT2D eigenvalue weighted by Crippen LogP contribution is 2.65. The molecule has 52 heavy (non-hydrogen) atoms. The monoisotopic (exact) mass is 732 g/mol. The minimum absolute atomic E-state index is 0.00935. The van der Waals surface area contributed by atoms with E-state index in [0.29, 0.717) is 88.4 Å². The average Bonchev–Trinajstić information content (AvgIpc) is 3.02. The van der Waals surface area contributed by atoms with E-state index >= 15 is 0 Å². The lowest BCUT2D eigenvalue weighted by Crippen LogP contribution is -2.71. The van der Waals surface area contributed by atoms with Crippen LogP contribution >= 0.6 is 0 Å². The summed E-state index contributed by atoms with van der Waals surface area (Å²) in [6, 6.07) is 0. The Morgan fingerprint density at radius 1 is 0.654 bits per heavy atom. The van der Waals surface area contributed by atoms with Crippen molar-refractivity contribution in [3.63, 3.8) is 0 Å². The highest BCUT2D eigenvalue weighted by Gasteiger charge is 2.68. The van der Waals surface area contributed by atoms with Crippen LogP contribution in [0.4, 0.5) is 8.78 Å². The third kappa shape index (κ3) is 5.29. The van der Waals surface area contributed by atoms with Crippen molar-refractivity contribution in [2.75, 3.05) is 26.4 Å². The molecule has 12 heteroatoms. The van der Waals surface area contributed by atoms with Crippen molar-refractivity contribution < 1.29 is 57.1 Å². The van der Waals surface area contributed by atoms with E-state index in [1.54, 1.807) is 0 Å². The van der Waals surface area contributed by atoms with Gasteiger partial charge in [0.25, 0.3) is 0 Å². The zero-order valence-corrected chi connectivity index (χ0v) is 30.3. The molecule has 13 rings (SSSR count). The number of hydrogen-bond acceptors (Lipinski definition) is 10. The van der Waals surface area contributed by atoms with Gasteiger partial charge in [-0.1, -0.05) is 0 Å². The van der Waals surface area contributed by atoms with Crippen molar-refractivity contribution in [1.29, 1.82) is 0 Å². The molecule has 6 atom stereocenters. The van der Waals surface area contributed by atoms with Crippen LogP contribution in [0, 0.1) is 52.3 Å². The second kappa shape index (κ2) is 10.9. The number of carbonyl (C=O) groups excluding carboxylic acids is 3. The molecule has 13 fully saturated rings. The van der Waals surface area contributed by atoms with Crippen LogP contribution in [0.3, 0.4) is 0 Å². The number of ether oxygens (including phenoxy) is 5. The summed E-state index contributed by atoms with van der Waals surface area (Å²) in [5.41, 5.74) is -6.04. The number of rotatable bonds is 8. The first-order valence-electron chi connectivity index (χ1n) is 20.1. The first-order valence-corrected chi connectivity index (χ1v) is 20.1. The van der Waals surface area contributed by atoms with Crippen LogP contribution in [0.2, 0.25) is 0 Å². The van der Waals surface area contributed by atoms with E-state index in [2.05, 4.69) is 0 Å². The predicted octanol–water partition coefficient (Wildman–Crippen LogP) is 5.04. The number of halogens is 2. The molecule has 12 aliphatic carbocycles. The van der Waals surface area contributed by atoms with Gasteiger partial charge in [0.05, 0.1) is 40.8 Å². The van der Waals surface area contributed by atoms with Gasteiger partial charge in [-0.2, -0.15) is 8.78 Å². The smallest absolute Gasteiger partial charge is 0.377 e. The minimum Gasteiger partial charge on any atom is -0.462 e. The molecule has 0 amide bonds. The first kappa shape index (κ1) is 34.6. The number of hydrogen-bond donors (Lipinski definition) is 2. The molecule has 10 nitrogen and oxygen atoms in total. The third-order valence-corrected chi connectivity index (χ3v) is 16.2. The highest BCUT2D eigenvalue weighted by molar-refractivity contribution is 5.79. The van der Waals surface area contributed by atoms with Crippen molar-refractivity contribution in [1.82, 2.24) is 0 Å². The lowest BCUT2D eigenvalue weighted by atomic mass is 9.48. The van der Waals surface area contributed by atoms with E-state index in [9.17, 15) is 33.4 Å². The maximum atomic E-state index is 14.1. The Balaban J connectivity index is 0.877. The third-order valence-electron chi connectivity index (χ3n) is 16.2. The molecule has 0 aromatic heterocycles. The molecule has 1 aliphatic heterocycles. The summed E-state index contributed by atoms with van der Waals surface area (Å²) >= 11 is 0. The van der Waals surface area contributed by atoms with Crippen molar-refractivity contribution in [2.45, 2.75) is 150 Å². The quantitative estimate of drug-likeness (QED) is 0.258. The lowest BCUT2D eigenvalue weighted by molar-refractivity contribution is -0.330. The van der Waals surface area contributed by atoms with Gasteiger partial charge >= 0.3 is 23.8 Å². The van der Waals surface area contributed by atoms with E-state index in [1.165, 1.54) is 0 Å². The molecule has 1 heterocycles. The van der Waals surface area contributed by atoms with E-state index in [4.69, 9.17) is 23.7 Å². The van der Waals surface area contributed by atoms with Gasteiger partial charge in [0.1, 0.15) is 18.8 Å². The zero-order valence-electron chi connectivity index (χ0n) is 30.3. The molecule has 288 valence electrons. The van der Waals surface area contributed by atoms with Crippen LogP contribution in [0.5, 0.6) is 0 Å². The second-order valence-corrected chi connectivity index (χ2v) is 20.6. The Labute approximate surface area is 303 Å². The largest absolute Gasteiger partial charge is 0.462 e. The van der Waals surface area contributed by atoms with Gasteiger partial charge in [-0.15, -0.1) is 0 Å². The van der Waals surface area contributed by atoms with Gasteiger partial charge in [-0.05, 0) is 151 Å². The summed E-state index contributed by atoms with van der Waals surface area (Å²) in [5.74, 6) is -4.38. The van der Waals surface area contributed by atoms with Crippen molar-refractivity contribution >= 4 is 17.9 Å². The summed E-state index contributed by atoms with van der Waals surface area (Å²) in [4.78, 5) is 40.5. The maximum absolute atomic E-state index is 14.1. The van der Waals surface area contributed by atoms with Gasteiger partial charge in [0, 0.05) is 6.92 Å². The Kier molecular flexibility index (Phi) is 7.25. The van der Waals surface area contributed by atoms with Crippen LogP contribution in [0.25, 0.3) is 0 Å². The fourth-order valence-corrected chi connectivity index (χ4v) is 15.3. The second-order valence-electron chi connectivity index (χ2n) is 20.6. The lowest BCUT2D eigenvalue weighted by Gasteiger charge is -2.65. The summed E-state index contributed by atoms with van der Waals surface area (Å²) in [6.07, 6.45) is 11.7. The molecule has 1 saturated heterocycles. The molecule has 2 N–H and O–H groups in total. The standard InChI is InChI=1S/C40H54F2O10/c1-33(41,42)30(43)52-38-14-23-4-28(15-38)40(29(5-23)16-38)22-50-39(21-51-40,19-48-31(44)34-6-24-2-25(7-34)11-36(46,10-24)17-34)20-49-32(45)35-8-26-3-27(9-35)13-37(47,12-26)18-35/h23-29,46-47H,2-22H2,1H3. The number of aliphatic hydroxyl groups is 2. The molecule has 1 spiro atoms. The number of carbonyl (C=O) groups is 3. The molecule has 0 aromatic carbocycles. The fraction of sp³-hybridized carbons (Fsp3) is 0.925. The van der Waals surface area contributed by atoms with E-state index in [-0.39, 0.29) is 56.1 Å². The van der Waals surface area contributed by atoms with E-state index in [1.807, 2.05) is 0 Å². The highest BCUT2D eigenvalue weighted by atomic mass is 19.3. The fourth-order valence-electron chi connectivity index (χ4n) is 15.3. The Morgan fingerprint density at radius 3 is 1.54 bits per heavy atom. The summed E-state index contributed by atoms with van der Waals surface area (Å²) in [5, 5.41) is 22.6. The molecule has 0 aromatic rings. The molecular weight excluding hydrogens is 678 g/mol. The van der Waals surface area contributed by atoms with Crippen molar-refractivity contribution in [3.8, 4) is 0 Å². The molecule has 13 aliphatic rings. The van der Waals surface area contributed by atoms with Crippen LogP contribution in [0.15, 0.2) is 0 Å². The summed E-state index contributed by atoms with van der Waals surface area (Å²) in [6.45, 7) is 0.401. The SMILES string of the molecule is CC(F)(F)C(=O)OC12CC3CC(C1)C1(COC(COC(=O)C45CC6CC(CC(O)(C6)C4)C5)(COC(=O)C45CC6CC(CC(O)(C6)C4)C5)CO1)C(C3)C2. The predicted molar refractivity (Wildman–Crippen MR) is 176 cm³/mol. The number of esters is 3. The topological polar surface area (TPSA) is 138 Å². The van der Waals surface area contributed by atoms with Gasteiger partial charge in [0.15, 0.2) is 5.60 Å². The van der Waals surface area contributed by atoms with Gasteiger partial charge in [-0.3, -0.25) is 9.59 Å². The maximum Gasteiger partial charge on any atom is 0.377 e. The van der Waals surface area contributed by atoms with Crippen molar-refractivity contribution in [3.05, 3.63) is 0 Å². The van der Waals surface area contributed by atoms with Crippen LogP contribution in [-0.2, 0) is 38.1 Å². The van der Waals surface area contributed by atoms with Gasteiger partial charge < -0.3 is 33.9 Å². The Hall–Kier alpha value is -1.89. The normalized spacial score (nSPS) is 53.4. The molecule has 12 bridgehead atoms. The zero-order chi connectivity index (χ0) is 36.2. The molecule has 6 unspecified atom stereocenters. The van der Waals surface area contributed by atoms with Gasteiger partial charge in [0.2, 0.25) is 0 Å². The Morgan fingerprint density at radius 2 is 1.13 bits per heavy atom. The first-order chi connectivity index (χ1) is 24.4. The summed E-state index contributed by atoms with van der Waals surface area (Å²) < 4.78 is 59.5. The van der Waals surface area contributed by atoms with Crippen LogP contribution < -0.4 is 0 Å². The number of alkyl halides is 2. The Bertz CT molecular complexity index is 1430. The van der Waals surface area contributed by atoms with Crippen molar-refractivity contribution in [2.24, 2.45) is 52.3 Å². The van der Waals surface area contributed by atoms with Gasteiger partial charge in [-0.25, -0.2) is 4.79 Å². The minimum atomic E-state index is -3.57. The molecule has 12 saturated carbocycles. The van der Waals surface area contributed by atoms with Crippen LogP contribution in [0.1, 0.15) is 116 Å². The van der Waals surface area contributed by atoms with E-state index in [0.717, 1.165) is 51.4 Å². The summed E-state index contributed by atoms with van der Waals surface area (Å²) in [7, 11) is 0. The van der Waals surface area contributed by atoms with E-state index < -0.39 is 50.7 Å². The molecular formula is C40H54F2O10. The average molecular weight is 733 g/mol.